The van der Waals surface area contributed by atoms with Crippen LogP contribution in [0.4, 0.5) is 0 Å². The molecule has 4 unspecified atom stereocenters. The number of carbonyl (C=O) groups excluding carboxylic acids is 1. The standard InChI is InChI=1S/C14H24N2O3/c1-14(2,3)16-10(17)7-15-12-9-5-4-8(6-9)11(12)13(18)19/h8-9,11-12,15H,4-7H2,1-3H3,(H,16,17)(H,18,19). The molecule has 0 aromatic heterocycles. The number of fused-ring (bicyclic) bond motifs is 2. The molecule has 2 aliphatic carbocycles. The van der Waals surface area contributed by atoms with E-state index in [9.17, 15) is 14.7 Å². The molecule has 0 aromatic carbocycles. The summed E-state index contributed by atoms with van der Waals surface area (Å²) >= 11 is 0. The molecular formula is C14H24N2O3. The second-order valence-electron chi connectivity index (χ2n) is 6.90. The van der Waals surface area contributed by atoms with E-state index in [0.717, 1.165) is 19.3 Å². The number of hydrogen-bond acceptors (Lipinski definition) is 3. The minimum absolute atomic E-state index is 0.0398. The molecule has 0 aliphatic heterocycles. The second-order valence-corrected chi connectivity index (χ2v) is 6.90. The van der Waals surface area contributed by atoms with Crippen LogP contribution in [0.15, 0.2) is 0 Å². The zero-order chi connectivity index (χ0) is 14.2. The zero-order valence-electron chi connectivity index (χ0n) is 11.9. The van der Waals surface area contributed by atoms with E-state index < -0.39 is 5.97 Å². The molecule has 0 aromatic rings. The summed E-state index contributed by atoms with van der Waals surface area (Å²) in [4.78, 5) is 23.1. The van der Waals surface area contributed by atoms with Crippen LogP contribution in [0.1, 0.15) is 40.0 Å². The van der Waals surface area contributed by atoms with Gasteiger partial charge in [0.25, 0.3) is 0 Å². The highest BCUT2D eigenvalue weighted by molar-refractivity contribution is 5.79. The summed E-state index contributed by atoms with van der Waals surface area (Å²) in [7, 11) is 0. The van der Waals surface area contributed by atoms with Crippen molar-refractivity contribution < 1.29 is 14.7 Å². The molecule has 3 N–H and O–H groups in total. The summed E-state index contributed by atoms with van der Waals surface area (Å²) in [5.41, 5.74) is -0.250. The molecule has 2 fully saturated rings. The lowest BCUT2D eigenvalue weighted by Crippen LogP contribution is -2.50. The first-order chi connectivity index (χ1) is 8.78. The highest BCUT2D eigenvalue weighted by Gasteiger charge is 2.50. The normalized spacial score (nSPS) is 33.4. The zero-order valence-corrected chi connectivity index (χ0v) is 11.9. The molecule has 2 saturated carbocycles. The van der Waals surface area contributed by atoms with Gasteiger partial charge in [0, 0.05) is 11.6 Å². The minimum atomic E-state index is -0.721. The predicted octanol–water partition coefficient (Wildman–Crippen LogP) is 0.990. The number of carboxylic acid groups (broad SMARTS) is 1. The molecule has 2 rings (SSSR count). The van der Waals surface area contributed by atoms with Gasteiger partial charge in [-0.3, -0.25) is 9.59 Å². The van der Waals surface area contributed by atoms with E-state index in [1.54, 1.807) is 0 Å². The van der Waals surface area contributed by atoms with Gasteiger partial charge in [0.15, 0.2) is 0 Å². The Balaban J connectivity index is 1.88. The molecular weight excluding hydrogens is 244 g/mol. The predicted molar refractivity (Wildman–Crippen MR) is 71.6 cm³/mol. The van der Waals surface area contributed by atoms with Gasteiger partial charge in [-0.05, 0) is 51.9 Å². The van der Waals surface area contributed by atoms with Gasteiger partial charge in [-0.1, -0.05) is 0 Å². The van der Waals surface area contributed by atoms with E-state index in [0.29, 0.717) is 11.8 Å². The summed E-state index contributed by atoms with van der Waals surface area (Å²) in [6.45, 7) is 6.00. The van der Waals surface area contributed by atoms with Crippen molar-refractivity contribution in [3.63, 3.8) is 0 Å². The molecule has 4 atom stereocenters. The molecule has 0 radical (unpaired) electrons. The molecule has 0 heterocycles. The fraction of sp³-hybridized carbons (Fsp3) is 0.857. The van der Waals surface area contributed by atoms with E-state index in [2.05, 4.69) is 10.6 Å². The fourth-order valence-electron chi connectivity index (χ4n) is 3.61. The van der Waals surface area contributed by atoms with Crippen molar-refractivity contribution in [1.29, 1.82) is 0 Å². The van der Waals surface area contributed by atoms with Crippen LogP contribution < -0.4 is 10.6 Å². The molecule has 2 bridgehead atoms. The summed E-state index contributed by atoms with van der Waals surface area (Å²) < 4.78 is 0. The van der Waals surface area contributed by atoms with Crippen LogP contribution in [-0.2, 0) is 9.59 Å². The summed E-state index contributed by atoms with van der Waals surface area (Å²) in [5, 5.41) is 15.4. The Morgan fingerprint density at radius 1 is 1.21 bits per heavy atom. The van der Waals surface area contributed by atoms with E-state index in [1.165, 1.54) is 0 Å². The molecule has 108 valence electrons. The Hall–Kier alpha value is -1.10. The van der Waals surface area contributed by atoms with Gasteiger partial charge in [-0.25, -0.2) is 0 Å². The number of carbonyl (C=O) groups is 2. The van der Waals surface area contributed by atoms with Gasteiger partial charge >= 0.3 is 5.97 Å². The lowest BCUT2D eigenvalue weighted by Gasteiger charge is -2.29. The lowest BCUT2D eigenvalue weighted by molar-refractivity contribution is -0.144. The number of hydrogen-bond donors (Lipinski definition) is 3. The maximum Gasteiger partial charge on any atom is 0.308 e. The first-order valence-electron chi connectivity index (χ1n) is 7.05. The van der Waals surface area contributed by atoms with Gasteiger partial charge in [0.2, 0.25) is 5.91 Å². The minimum Gasteiger partial charge on any atom is -0.481 e. The third kappa shape index (κ3) is 3.26. The van der Waals surface area contributed by atoms with Crippen molar-refractivity contribution in [3.8, 4) is 0 Å². The summed E-state index contributed by atoms with van der Waals surface area (Å²) in [5.74, 6) is -0.388. The van der Waals surface area contributed by atoms with Gasteiger partial charge in [-0.2, -0.15) is 0 Å². The van der Waals surface area contributed by atoms with Crippen LogP contribution in [0.5, 0.6) is 0 Å². The van der Waals surface area contributed by atoms with Gasteiger partial charge in [-0.15, -0.1) is 0 Å². The van der Waals surface area contributed by atoms with Crippen molar-refractivity contribution >= 4 is 11.9 Å². The van der Waals surface area contributed by atoms with E-state index in [-0.39, 0.29) is 30.0 Å². The fourth-order valence-corrected chi connectivity index (χ4v) is 3.61. The first kappa shape index (κ1) is 14.3. The third-order valence-electron chi connectivity index (χ3n) is 4.21. The van der Waals surface area contributed by atoms with Crippen LogP contribution in [-0.4, -0.2) is 35.1 Å². The molecule has 19 heavy (non-hydrogen) atoms. The maximum absolute atomic E-state index is 11.8. The topological polar surface area (TPSA) is 78.4 Å². The van der Waals surface area contributed by atoms with Crippen molar-refractivity contribution in [2.75, 3.05) is 6.54 Å². The third-order valence-corrected chi connectivity index (χ3v) is 4.21. The molecule has 5 heteroatoms. The Bertz CT molecular complexity index is 375. The van der Waals surface area contributed by atoms with Crippen LogP contribution in [0.25, 0.3) is 0 Å². The van der Waals surface area contributed by atoms with E-state index >= 15 is 0 Å². The summed E-state index contributed by atoms with van der Waals surface area (Å²) in [6.07, 6.45) is 3.11. The number of aliphatic carboxylic acids is 1. The van der Waals surface area contributed by atoms with Gasteiger partial charge in [0.05, 0.1) is 12.5 Å². The average Bonchev–Trinajstić information content (AvgIpc) is 2.82. The van der Waals surface area contributed by atoms with Crippen LogP contribution >= 0.6 is 0 Å². The van der Waals surface area contributed by atoms with Crippen molar-refractivity contribution in [3.05, 3.63) is 0 Å². The Kier molecular flexibility index (Phi) is 3.85. The quantitative estimate of drug-likeness (QED) is 0.710. The molecule has 0 spiro atoms. The van der Waals surface area contributed by atoms with Crippen LogP contribution in [0.2, 0.25) is 0 Å². The molecule has 0 saturated heterocycles. The Morgan fingerprint density at radius 2 is 1.84 bits per heavy atom. The first-order valence-corrected chi connectivity index (χ1v) is 7.05. The Morgan fingerprint density at radius 3 is 2.42 bits per heavy atom. The largest absolute Gasteiger partial charge is 0.481 e. The number of carboxylic acids is 1. The number of amides is 1. The van der Waals surface area contributed by atoms with Crippen molar-refractivity contribution in [1.82, 2.24) is 10.6 Å². The average molecular weight is 268 g/mol. The van der Waals surface area contributed by atoms with Crippen LogP contribution in [0.3, 0.4) is 0 Å². The van der Waals surface area contributed by atoms with E-state index in [4.69, 9.17) is 0 Å². The monoisotopic (exact) mass is 268 g/mol. The van der Waals surface area contributed by atoms with E-state index in [1.807, 2.05) is 20.8 Å². The number of nitrogens with one attached hydrogen (secondary N) is 2. The summed E-state index contributed by atoms with van der Waals surface area (Å²) in [6, 6.07) is -0.0398. The smallest absolute Gasteiger partial charge is 0.308 e. The number of rotatable bonds is 4. The molecule has 1 amide bonds. The second kappa shape index (κ2) is 5.12. The Labute approximate surface area is 114 Å². The molecule has 5 nitrogen and oxygen atoms in total. The van der Waals surface area contributed by atoms with Gasteiger partial charge < -0.3 is 15.7 Å². The lowest BCUT2D eigenvalue weighted by atomic mass is 9.84. The van der Waals surface area contributed by atoms with Crippen LogP contribution in [0, 0.1) is 17.8 Å². The highest BCUT2D eigenvalue weighted by atomic mass is 16.4. The highest BCUT2D eigenvalue weighted by Crippen LogP contribution is 2.48. The van der Waals surface area contributed by atoms with Crippen molar-refractivity contribution in [2.24, 2.45) is 17.8 Å². The molecule has 2 aliphatic rings. The van der Waals surface area contributed by atoms with Gasteiger partial charge in [0.1, 0.15) is 0 Å². The SMILES string of the molecule is CC(C)(C)NC(=O)CNC1C2CCC(C2)C1C(=O)O. The maximum atomic E-state index is 11.8. The van der Waals surface area contributed by atoms with Crippen molar-refractivity contribution in [2.45, 2.75) is 51.6 Å².